The fraction of sp³-hybridized carbons (Fsp3) is 0.500. The topological polar surface area (TPSA) is 86.8 Å². The number of nitrogens with zero attached hydrogens (tertiary/aromatic N) is 2. The number of nitrogens with one attached hydrogen (secondary N) is 1. The summed E-state index contributed by atoms with van der Waals surface area (Å²) in [7, 11) is -3.75. The second-order valence-electron chi connectivity index (χ2n) is 10.1. The van der Waals surface area contributed by atoms with Gasteiger partial charge in [0.25, 0.3) is 0 Å². The Kier molecular flexibility index (Phi) is 9.17. The van der Waals surface area contributed by atoms with E-state index in [9.17, 15) is 18.0 Å². The second kappa shape index (κ2) is 11.9. The number of carbonyl (C=O) groups is 2. The van der Waals surface area contributed by atoms with Gasteiger partial charge in [-0.2, -0.15) is 0 Å². The Morgan fingerprint density at radius 1 is 1.00 bits per heavy atom. The number of hydrogen-bond donors (Lipinski definition) is 1. The molecule has 2 amide bonds. The van der Waals surface area contributed by atoms with Gasteiger partial charge in [-0.1, -0.05) is 61.2 Å². The van der Waals surface area contributed by atoms with Crippen LogP contribution in [0.25, 0.3) is 0 Å². The van der Waals surface area contributed by atoms with Crippen molar-refractivity contribution in [3.63, 3.8) is 0 Å². The van der Waals surface area contributed by atoms with Crippen molar-refractivity contribution < 1.29 is 18.0 Å². The Morgan fingerprint density at radius 2 is 1.67 bits per heavy atom. The smallest absolute Gasteiger partial charge is 0.244 e. The van der Waals surface area contributed by atoms with Gasteiger partial charge in [0.1, 0.15) is 12.6 Å². The molecule has 36 heavy (non-hydrogen) atoms. The number of benzene rings is 2. The third-order valence-electron chi connectivity index (χ3n) is 6.87. The van der Waals surface area contributed by atoms with Crippen molar-refractivity contribution in [1.82, 2.24) is 10.2 Å². The fourth-order valence-electron chi connectivity index (χ4n) is 4.74. The van der Waals surface area contributed by atoms with Crippen LogP contribution >= 0.6 is 0 Å². The molecular formula is C28H39N3O4S. The van der Waals surface area contributed by atoms with Crippen molar-refractivity contribution in [3.05, 3.63) is 64.7 Å². The molecule has 0 heterocycles. The van der Waals surface area contributed by atoms with E-state index in [1.165, 1.54) is 11.3 Å². The van der Waals surface area contributed by atoms with Crippen LogP contribution in [-0.4, -0.2) is 50.0 Å². The van der Waals surface area contributed by atoms with Crippen LogP contribution < -0.4 is 9.62 Å². The zero-order chi connectivity index (χ0) is 26.5. The van der Waals surface area contributed by atoms with Crippen LogP contribution in [0.5, 0.6) is 0 Å². The van der Waals surface area contributed by atoms with Gasteiger partial charge in [-0.05, 0) is 63.3 Å². The molecule has 1 aliphatic rings. The van der Waals surface area contributed by atoms with Gasteiger partial charge in [-0.25, -0.2) is 8.42 Å². The lowest BCUT2D eigenvalue weighted by molar-refractivity contribution is -0.139. The van der Waals surface area contributed by atoms with Crippen LogP contribution in [-0.2, 0) is 26.2 Å². The van der Waals surface area contributed by atoms with Crippen molar-refractivity contribution in [2.24, 2.45) is 0 Å². The SMILES string of the molecule is Cc1cccc(CN(C(=O)CN(c2cc(C)ccc2C)S(C)(=O)=O)[C@@H](C)C(=O)NC2CCCCC2)c1. The van der Waals surface area contributed by atoms with Crippen LogP contribution in [0, 0.1) is 20.8 Å². The minimum atomic E-state index is -3.75. The Hall–Kier alpha value is -2.87. The van der Waals surface area contributed by atoms with Crippen LogP contribution in [0.1, 0.15) is 61.3 Å². The van der Waals surface area contributed by atoms with E-state index in [0.717, 1.165) is 58.5 Å². The normalized spacial score (nSPS) is 15.2. The lowest BCUT2D eigenvalue weighted by Crippen LogP contribution is -2.53. The van der Waals surface area contributed by atoms with Crippen molar-refractivity contribution in [2.75, 3.05) is 17.1 Å². The average molecular weight is 514 g/mol. The number of carbonyl (C=O) groups excluding carboxylic acids is 2. The summed E-state index contributed by atoms with van der Waals surface area (Å²) in [6, 6.07) is 12.7. The predicted octanol–water partition coefficient (Wildman–Crippen LogP) is 4.24. The van der Waals surface area contributed by atoms with Gasteiger partial charge in [0.15, 0.2) is 0 Å². The van der Waals surface area contributed by atoms with Crippen molar-refractivity contribution in [3.8, 4) is 0 Å². The molecule has 7 nitrogen and oxygen atoms in total. The van der Waals surface area contributed by atoms with E-state index >= 15 is 0 Å². The molecule has 0 radical (unpaired) electrons. The first-order valence-electron chi connectivity index (χ1n) is 12.7. The molecule has 1 fully saturated rings. The standard InChI is InChI=1S/C28H39N3O4S/c1-20-10-9-11-24(16-20)18-30(23(4)28(33)29-25-12-7-6-8-13-25)27(32)19-31(36(5,34)35)26-17-21(2)14-15-22(26)3/h9-11,14-17,23,25H,6-8,12-13,18-19H2,1-5H3,(H,29,33)/t23-/m0/s1. The lowest BCUT2D eigenvalue weighted by atomic mass is 9.95. The molecule has 2 aromatic carbocycles. The molecule has 1 aliphatic carbocycles. The van der Waals surface area contributed by atoms with Gasteiger partial charge in [0.05, 0.1) is 11.9 Å². The fourth-order valence-corrected chi connectivity index (χ4v) is 5.64. The molecule has 0 bridgehead atoms. The van der Waals surface area contributed by atoms with Gasteiger partial charge < -0.3 is 10.2 Å². The van der Waals surface area contributed by atoms with E-state index in [-0.39, 0.29) is 25.0 Å². The number of anilines is 1. The molecule has 3 rings (SSSR count). The Bertz CT molecular complexity index is 1190. The van der Waals surface area contributed by atoms with Gasteiger partial charge in [-0.15, -0.1) is 0 Å². The molecule has 0 aliphatic heterocycles. The highest BCUT2D eigenvalue weighted by molar-refractivity contribution is 7.92. The predicted molar refractivity (Wildman–Crippen MR) is 144 cm³/mol. The maximum Gasteiger partial charge on any atom is 0.244 e. The quantitative estimate of drug-likeness (QED) is 0.543. The first kappa shape index (κ1) is 27.7. The molecule has 0 aromatic heterocycles. The molecule has 8 heteroatoms. The summed E-state index contributed by atoms with van der Waals surface area (Å²) in [5, 5.41) is 3.12. The molecular weight excluding hydrogens is 474 g/mol. The van der Waals surface area contributed by atoms with Crippen LogP contribution in [0.15, 0.2) is 42.5 Å². The maximum atomic E-state index is 13.7. The third-order valence-corrected chi connectivity index (χ3v) is 7.99. The number of rotatable bonds is 9. The first-order valence-corrected chi connectivity index (χ1v) is 14.5. The number of amides is 2. The summed E-state index contributed by atoms with van der Waals surface area (Å²) in [6.07, 6.45) is 6.35. The van der Waals surface area contributed by atoms with Gasteiger partial charge in [0.2, 0.25) is 21.8 Å². The minimum absolute atomic E-state index is 0.118. The minimum Gasteiger partial charge on any atom is -0.352 e. The van der Waals surface area contributed by atoms with Gasteiger partial charge in [-0.3, -0.25) is 13.9 Å². The van der Waals surface area contributed by atoms with E-state index in [1.807, 2.05) is 57.2 Å². The second-order valence-corrected chi connectivity index (χ2v) is 12.0. The van der Waals surface area contributed by atoms with Crippen LogP contribution in [0.3, 0.4) is 0 Å². The van der Waals surface area contributed by atoms with Crippen LogP contribution in [0.4, 0.5) is 5.69 Å². The average Bonchev–Trinajstić information content (AvgIpc) is 2.82. The lowest BCUT2D eigenvalue weighted by Gasteiger charge is -2.33. The monoisotopic (exact) mass is 513 g/mol. The maximum absolute atomic E-state index is 13.7. The van der Waals surface area contributed by atoms with Gasteiger partial charge in [0, 0.05) is 12.6 Å². The van der Waals surface area contributed by atoms with E-state index in [0.29, 0.717) is 5.69 Å². The van der Waals surface area contributed by atoms with E-state index in [1.54, 1.807) is 13.0 Å². The van der Waals surface area contributed by atoms with Crippen molar-refractivity contribution >= 4 is 27.5 Å². The van der Waals surface area contributed by atoms with Crippen molar-refractivity contribution in [2.45, 2.75) is 78.4 Å². The molecule has 0 spiro atoms. The van der Waals surface area contributed by atoms with E-state index < -0.39 is 22.0 Å². The Balaban J connectivity index is 1.90. The van der Waals surface area contributed by atoms with Crippen molar-refractivity contribution in [1.29, 1.82) is 0 Å². The largest absolute Gasteiger partial charge is 0.352 e. The van der Waals surface area contributed by atoms with E-state index in [4.69, 9.17) is 0 Å². The highest BCUT2D eigenvalue weighted by Crippen LogP contribution is 2.25. The summed E-state index contributed by atoms with van der Waals surface area (Å²) in [4.78, 5) is 28.5. The zero-order valence-corrected chi connectivity index (χ0v) is 22.9. The summed E-state index contributed by atoms with van der Waals surface area (Å²) in [5.41, 5.74) is 4.06. The summed E-state index contributed by atoms with van der Waals surface area (Å²) < 4.78 is 26.7. The molecule has 1 atom stereocenters. The zero-order valence-electron chi connectivity index (χ0n) is 22.1. The van der Waals surface area contributed by atoms with Crippen LogP contribution in [0.2, 0.25) is 0 Å². The molecule has 2 aromatic rings. The molecule has 196 valence electrons. The summed E-state index contributed by atoms with van der Waals surface area (Å²) in [6.45, 7) is 7.23. The summed E-state index contributed by atoms with van der Waals surface area (Å²) >= 11 is 0. The van der Waals surface area contributed by atoms with E-state index in [2.05, 4.69) is 5.32 Å². The molecule has 0 unspecified atom stereocenters. The van der Waals surface area contributed by atoms with Gasteiger partial charge >= 0.3 is 0 Å². The highest BCUT2D eigenvalue weighted by Gasteiger charge is 2.31. The number of aryl methyl sites for hydroxylation is 3. The Morgan fingerprint density at radius 3 is 2.31 bits per heavy atom. The molecule has 0 saturated heterocycles. The third kappa shape index (κ3) is 7.32. The number of sulfonamides is 1. The molecule has 1 saturated carbocycles. The highest BCUT2D eigenvalue weighted by atomic mass is 32.2. The molecule has 1 N–H and O–H groups in total. The Labute approximate surface area is 215 Å². The number of hydrogen-bond acceptors (Lipinski definition) is 4. The summed E-state index contributed by atoms with van der Waals surface area (Å²) in [5.74, 6) is -0.630. The first-order chi connectivity index (χ1) is 17.0.